The first kappa shape index (κ1) is 25.8. The van der Waals surface area contributed by atoms with Gasteiger partial charge in [-0.1, -0.05) is 54.1 Å². The first-order chi connectivity index (χ1) is 16.2. The molecule has 1 heterocycles. The molecule has 0 unspecified atom stereocenters. The van der Waals surface area contributed by atoms with Gasteiger partial charge in [0.15, 0.2) is 0 Å². The third-order valence-electron chi connectivity index (χ3n) is 5.23. The van der Waals surface area contributed by atoms with Crippen LogP contribution < -0.4 is 0 Å². The molecule has 10 heteroatoms. The minimum atomic E-state index is -3.84. The maximum atomic E-state index is 13.2. The standard InChI is InChI=1S/C24H29N3O5S2/c1-4-14-26(34(30,31)23-8-6-5-7-9-23)18-22-17-25-24(27(22)15-16-32-3)33(28,29)19-21-12-10-20(2)11-13-21/h4-13,17H,1,14-16,18-19H2,2-3H3. The molecule has 0 saturated heterocycles. The van der Waals surface area contributed by atoms with Crippen LogP contribution in [-0.2, 0) is 43.4 Å². The average molecular weight is 504 g/mol. The summed E-state index contributed by atoms with van der Waals surface area (Å²) >= 11 is 0. The topological polar surface area (TPSA) is 98.6 Å². The van der Waals surface area contributed by atoms with E-state index in [4.69, 9.17) is 4.74 Å². The van der Waals surface area contributed by atoms with Crippen LogP contribution in [-0.4, -0.2) is 51.0 Å². The van der Waals surface area contributed by atoms with E-state index in [1.165, 1.54) is 40.4 Å². The molecule has 3 aromatic rings. The van der Waals surface area contributed by atoms with Crippen LogP contribution in [0.15, 0.2) is 83.5 Å². The Morgan fingerprint density at radius 3 is 2.35 bits per heavy atom. The first-order valence-corrected chi connectivity index (χ1v) is 13.8. The number of sulfonamides is 1. The quantitative estimate of drug-likeness (QED) is 0.352. The molecule has 0 N–H and O–H groups in total. The summed E-state index contributed by atoms with van der Waals surface area (Å²) in [5.41, 5.74) is 2.13. The molecule has 2 aromatic carbocycles. The van der Waals surface area contributed by atoms with Gasteiger partial charge < -0.3 is 9.30 Å². The number of methoxy groups -OCH3 is 1. The van der Waals surface area contributed by atoms with Gasteiger partial charge >= 0.3 is 0 Å². The van der Waals surface area contributed by atoms with Gasteiger partial charge in [0, 0.05) is 20.2 Å². The number of rotatable bonds is 12. The lowest BCUT2D eigenvalue weighted by Crippen LogP contribution is -2.32. The molecule has 182 valence electrons. The van der Waals surface area contributed by atoms with E-state index in [0.29, 0.717) is 11.3 Å². The zero-order valence-electron chi connectivity index (χ0n) is 19.3. The third kappa shape index (κ3) is 6.01. The second-order valence-corrected chi connectivity index (χ2v) is 11.6. The van der Waals surface area contributed by atoms with Crippen molar-refractivity contribution in [3.8, 4) is 0 Å². The molecule has 0 aliphatic heterocycles. The molecule has 1 aromatic heterocycles. The predicted molar refractivity (Wildman–Crippen MR) is 130 cm³/mol. The molecule has 0 radical (unpaired) electrons. The Morgan fingerprint density at radius 1 is 1.06 bits per heavy atom. The summed E-state index contributed by atoms with van der Waals surface area (Å²) in [4.78, 5) is 4.34. The van der Waals surface area contributed by atoms with Crippen molar-refractivity contribution in [1.82, 2.24) is 13.9 Å². The highest BCUT2D eigenvalue weighted by Crippen LogP contribution is 2.22. The zero-order valence-corrected chi connectivity index (χ0v) is 20.9. The number of aromatic nitrogens is 2. The molecule has 0 spiro atoms. The summed E-state index contributed by atoms with van der Waals surface area (Å²) in [7, 11) is -6.12. The zero-order chi connectivity index (χ0) is 24.8. The third-order valence-corrected chi connectivity index (χ3v) is 8.65. The van der Waals surface area contributed by atoms with Crippen LogP contribution in [0, 0.1) is 6.92 Å². The fourth-order valence-corrected chi connectivity index (χ4v) is 6.39. The molecule has 0 atom stereocenters. The van der Waals surface area contributed by atoms with Crippen LogP contribution >= 0.6 is 0 Å². The van der Waals surface area contributed by atoms with Gasteiger partial charge in [0.05, 0.1) is 35.7 Å². The van der Waals surface area contributed by atoms with Gasteiger partial charge in [0.1, 0.15) is 0 Å². The Morgan fingerprint density at radius 2 is 1.74 bits per heavy atom. The molecule has 0 saturated carbocycles. The first-order valence-electron chi connectivity index (χ1n) is 10.7. The number of aryl methyl sites for hydroxylation is 1. The Labute approximate surface area is 201 Å². The van der Waals surface area contributed by atoms with Crippen LogP contribution in [0.5, 0.6) is 0 Å². The average Bonchev–Trinajstić information content (AvgIpc) is 3.22. The van der Waals surface area contributed by atoms with Crippen LogP contribution in [0.25, 0.3) is 0 Å². The van der Waals surface area contributed by atoms with Crippen molar-refractivity contribution < 1.29 is 21.6 Å². The summed E-state index contributed by atoms with van der Waals surface area (Å²) in [5, 5.41) is -0.115. The number of hydrogen-bond donors (Lipinski definition) is 0. The lowest BCUT2D eigenvalue weighted by molar-refractivity contribution is 0.183. The van der Waals surface area contributed by atoms with Crippen LogP contribution in [0.4, 0.5) is 0 Å². The van der Waals surface area contributed by atoms with E-state index in [1.807, 2.05) is 19.1 Å². The normalized spacial score (nSPS) is 12.2. The van der Waals surface area contributed by atoms with Crippen LogP contribution in [0.1, 0.15) is 16.8 Å². The molecule has 8 nitrogen and oxygen atoms in total. The van der Waals surface area contributed by atoms with Crippen LogP contribution in [0.3, 0.4) is 0 Å². The fourth-order valence-electron chi connectivity index (χ4n) is 3.47. The van der Waals surface area contributed by atoms with Gasteiger partial charge in [-0.25, -0.2) is 21.8 Å². The Kier molecular flexibility index (Phi) is 8.42. The van der Waals surface area contributed by atoms with E-state index in [1.54, 1.807) is 30.3 Å². The van der Waals surface area contributed by atoms with Crippen molar-refractivity contribution in [2.75, 3.05) is 20.3 Å². The number of benzene rings is 2. The van der Waals surface area contributed by atoms with Crippen molar-refractivity contribution in [3.63, 3.8) is 0 Å². The lowest BCUT2D eigenvalue weighted by Gasteiger charge is -2.22. The molecular formula is C24H29N3O5S2. The van der Waals surface area contributed by atoms with E-state index < -0.39 is 19.9 Å². The molecule has 0 aliphatic rings. The maximum Gasteiger partial charge on any atom is 0.243 e. The van der Waals surface area contributed by atoms with Crippen LogP contribution in [0.2, 0.25) is 0 Å². The molecule has 0 amide bonds. The van der Waals surface area contributed by atoms with Gasteiger partial charge in [-0.2, -0.15) is 4.31 Å². The number of ether oxygens (including phenoxy) is 1. The Hall–Kier alpha value is -2.79. The number of sulfone groups is 1. The van der Waals surface area contributed by atoms with E-state index in [9.17, 15) is 16.8 Å². The van der Waals surface area contributed by atoms with Gasteiger partial charge in [0.2, 0.25) is 25.0 Å². The maximum absolute atomic E-state index is 13.2. The monoisotopic (exact) mass is 503 g/mol. The molecular weight excluding hydrogens is 474 g/mol. The molecule has 34 heavy (non-hydrogen) atoms. The highest BCUT2D eigenvalue weighted by atomic mass is 32.2. The highest BCUT2D eigenvalue weighted by molar-refractivity contribution is 7.90. The predicted octanol–water partition coefficient (Wildman–Crippen LogP) is 3.19. The summed E-state index contributed by atoms with van der Waals surface area (Å²) in [6.45, 7) is 6.04. The smallest absolute Gasteiger partial charge is 0.243 e. The molecule has 3 rings (SSSR count). The van der Waals surface area contributed by atoms with E-state index >= 15 is 0 Å². The van der Waals surface area contributed by atoms with Crippen molar-refractivity contribution in [2.45, 2.75) is 35.8 Å². The SMILES string of the molecule is C=CCN(Cc1cnc(S(=O)(=O)Cc2ccc(C)cc2)n1CCOC)S(=O)(=O)c1ccccc1. The second kappa shape index (κ2) is 11.1. The largest absolute Gasteiger partial charge is 0.383 e. The van der Waals surface area contributed by atoms with Gasteiger partial charge in [0.25, 0.3) is 0 Å². The number of nitrogens with zero attached hydrogens (tertiary/aromatic N) is 3. The molecule has 0 aliphatic carbocycles. The minimum Gasteiger partial charge on any atom is -0.383 e. The van der Waals surface area contributed by atoms with Gasteiger partial charge in [-0.3, -0.25) is 0 Å². The van der Waals surface area contributed by atoms with Crippen molar-refractivity contribution in [2.24, 2.45) is 0 Å². The minimum absolute atomic E-state index is 0.0537. The number of hydrogen-bond acceptors (Lipinski definition) is 6. The molecule has 0 fully saturated rings. The second-order valence-electron chi connectivity index (χ2n) is 7.82. The van der Waals surface area contributed by atoms with Crippen molar-refractivity contribution in [3.05, 3.63) is 90.3 Å². The fraction of sp³-hybridized carbons (Fsp3) is 0.292. The lowest BCUT2D eigenvalue weighted by atomic mass is 10.2. The number of imidazole rings is 1. The van der Waals surface area contributed by atoms with Crippen molar-refractivity contribution >= 4 is 19.9 Å². The summed E-state index contributed by atoms with van der Waals surface area (Å²) in [6.07, 6.45) is 2.90. The van der Waals surface area contributed by atoms with Gasteiger partial charge in [-0.15, -0.1) is 6.58 Å². The Balaban J connectivity index is 1.97. The Bertz CT molecular complexity index is 1320. The van der Waals surface area contributed by atoms with E-state index in [0.717, 1.165) is 5.56 Å². The van der Waals surface area contributed by atoms with Gasteiger partial charge in [-0.05, 0) is 24.6 Å². The van der Waals surface area contributed by atoms with E-state index in [-0.39, 0.29) is 42.0 Å². The summed E-state index contributed by atoms with van der Waals surface area (Å²) < 4.78 is 60.9. The summed E-state index contributed by atoms with van der Waals surface area (Å²) in [5.74, 6) is -0.213. The van der Waals surface area contributed by atoms with Crippen molar-refractivity contribution in [1.29, 1.82) is 0 Å². The van der Waals surface area contributed by atoms with E-state index in [2.05, 4.69) is 11.6 Å². The summed E-state index contributed by atoms with van der Waals surface area (Å²) in [6, 6.07) is 15.3. The molecule has 0 bridgehead atoms. The highest BCUT2D eigenvalue weighted by Gasteiger charge is 2.28.